The van der Waals surface area contributed by atoms with E-state index in [9.17, 15) is 19.2 Å². The van der Waals surface area contributed by atoms with E-state index < -0.39 is 30.4 Å². The van der Waals surface area contributed by atoms with Crippen LogP contribution in [0.5, 0.6) is 0 Å². The fourth-order valence-corrected chi connectivity index (χ4v) is 1.29. The molecule has 1 fully saturated rings. The Bertz CT molecular complexity index is 403. The van der Waals surface area contributed by atoms with Gasteiger partial charge in [-0.15, -0.1) is 5.06 Å². The SMILES string of the molecule is COC(=O)CO.O=C(COCCOCCO)ON1C(=O)CCC1=O. The van der Waals surface area contributed by atoms with Crippen LogP contribution < -0.4 is 0 Å². The molecule has 11 nitrogen and oxygen atoms in total. The fourth-order valence-electron chi connectivity index (χ4n) is 1.29. The second-order valence-electron chi connectivity index (χ2n) is 4.17. The summed E-state index contributed by atoms with van der Waals surface area (Å²) in [5.74, 6) is -2.48. The van der Waals surface area contributed by atoms with Crippen LogP contribution in [0, 0.1) is 0 Å². The molecule has 2 N–H and O–H groups in total. The van der Waals surface area contributed by atoms with Crippen LogP contribution in [0.2, 0.25) is 0 Å². The van der Waals surface area contributed by atoms with Crippen molar-refractivity contribution in [1.29, 1.82) is 0 Å². The average Bonchev–Trinajstić information content (AvgIpc) is 2.89. The number of hydrogen-bond donors (Lipinski definition) is 2. The predicted molar refractivity (Wildman–Crippen MR) is 75.0 cm³/mol. The summed E-state index contributed by atoms with van der Waals surface area (Å²) in [6, 6.07) is 0. The van der Waals surface area contributed by atoms with Gasteiger partial charge in [-0.1, -0.05) is 0 Å². The molecule has 0 spiro atoms. The zero-order valence-electron chi connectivity index (χ0n) is 13.3. The fraction of sp³-hybridized carbons (Fsp3) is 0.692. The predicted octanol–water partition coefficient (Wildman–Crippen LogP) is -2.23. The summed E-state index contributed by atoms with van der Waals surface area (Å²) in [4.78, 5) is 47.7. The molecular formula is C13H21NO10. The number of carbonyl (C=O) groups excluding carboxylic acids is 4. The highest BCUT2D eigenvalue weighted by atomic mass is 16.7. The first-order valence-corrected chi connectivity index (χ1v) is 6.96. The van der Waals surface area contributed by atoms with Crippen LogP contribution in [0.1, 0.15) is 12.8 Å². The summed E-state index contributed by atoms with van der Waals surface area (Å²) in [6.07, 6.45) is 0.115. The third kappa shape index (κ3) is 9.84. The largest absolute Gasteiger partial charge is 0.467 e. The number of imide groups is 1. The lowest BCUT2D eigenvalue weighted by Gasteiger charge is -2.12. The van der Waals surface area contributed by atoms with Gasteiger partial charge in [0.1, 0.15) is 13.2 Å². The highest BCUT2D eigenvalue weighted by Crippen LogP contribution is 2.11. The highest BCUT2D eigenvalue weighted by molar-refractivity contribution is 6.01. The Hall–Kier alpha value is -2.08. The summed E-state index contributed by atoms with van der Waals surface area (Å²) in [6.45, 7) is -0.408. The minimum absolute atomic E-state index is 0.0575. The van der Waals surface area contributed by atoms with Crippen molar-refractivity contribution in [2.45, 2.75) is 12.8 Å². The van der Waals surface area contributed by atoms with Crippen molar-refractivity contribution in [3.63, 3.8) is 0 Å². The average molecular weight is 351 g/mol. The van der Waals surface area contributed by atoms with Gasteiger partial charge >= 0.3 is 11.9 Å². The quantitative estimate of drug-likeness (QED) is 0.265. The van der Waals surface area contributed by atoms with Crippen molar-refractivity contribution < 1.29 is 48.4 Å². The molecule has 138 valence electrons. The number of aliphatic hydroxyl groups is 2. The van der Waals surface area contributed by atoms with E-state index in [1.807, 2.05) is 0 Å². The molecule has 0 aliphatic carbocycles. The van der Waals surface area contributed by atoms with E-state index in [0.29, 0.717) is 5.06 Å². The minimum atomic E-state index is -0.819. The van der Waals surface area contributed by atoms with Crippen LogP contribution in [0.3, 0.4) is 0 Å². The lowest BCUT2D eigenvalue weighted by atomic mass is 10.4. The maximum Gasteiger partial charge on any atom is 0.358 e. The van der Waals surface area contributed by atoms with Gasteiger partial charge in [0.2, 0.25) is 0 Å². The number of aliphatic hydroxyl groups excluding tert-OH is 2. The zero-order chi connectivity index (χ0) is 18.4. The topological polar surface area (TPSA) is 149 Å². The van der Waals surface area contributed by atoms with E-state index in [2.05, 4.69) is 9.57 Å². The lowest BCUT2D eigenvalue weighted by molar-refractivity contribution is -0.200. The molecule has 1 rings (SSSR count). The number of nitrogens with zero attached hydrogens (tertiary/aromatic N) is 1. The van der Waals surface area contributed by atoms with Gasteiger partial charge in [0.05, 0.1) is 33.5 Å². The van der Waals surface area contributed by atoms with Crippen molar-refractivity contribution in [2.24, 2.45) is 0 Å². The summed E-state index contributed by atoms with van der Waals surface area (Å²) >= 11 is 0. The van der Waals surface area contributed by atoms with Gasteiger partial charge in [0, 0.05) is 12.8 Å². The van der Waals surface area contributed by atoms with Crippen molar-refractivity contribution in [2.75, 3.05) is 46.8 Å². The molecule has 1 aliphatic rings. The van der Waals surface area contributed by atoms with Crippen LogP contribution in [0.15, 0.2) is 0 Å². The molecule has 0 bridgehead atoms. The van der Waals surface area contributed by atoms with Crippen LogP contribution >= 0.6 is 0 Å². The molecule has 24 heavy (non-hydrogen) atoms. The van der Waals surface area contributed by atoms with Crippen molar-refractivity contribution in [3.05, 3.63) is 0 Å². The van der Waals surface area contributed by atoms with E-state index in [1.54, 1.807) is 0 Å². The van der Waals surface area contributed by atoms with Gasteiger partial charge < -0.3 is 29.3 Å². The summed E-state index contributed by atoms with van der Waals surface area (Å²) in [5.41, 5.74) is 0. The van der Waals surface area contributed by atoms with Crippen LogP contribution in [0.4, 0.5) is 0 Å². The number of hydroxylamine groups is 2. The Morgan fingerprint density at radius 2 is 1.58 bits per heavy atom. The number of esters is 1. The third-order valence-corrected chi connectivity index (χ3v) is 2.38. The first kappa shape index (κ1) is 21.9. The Balaban J connectivity index is 0.000000754. The number of rotatable bonds is 9. The number of ether oxygens (including phenoxy) is 3. The second-order valence-corrected chi connectivity index (χ2v) is 4.17. The van der Waals surface area contributed by atoms with Gasteiger partial charge in [0.25, 0.3) is 11.8 Å². The van der Waals surface area contributed by atoms with Gasteiger partial charge in [-0.05, 0) is 0 Å². The normalized spacial score (nSPS) is 13.4. The Morgan fingerprint density at radius 1 is 1.00 bits per heavy atom. The smallest absolute Gasteiger partial charge is 0.358 e. The minimum Gasteiger partial charge on any atom is -0.467 e. The maximum absolute atomic E-state index is 11.2. The van der Waals surface area contributed by atoms with Crippen LogP contribution in [-0.4, -0.2) is 85.8 Å². The summed E-state index contributed by atoms with van der Waals surface area (Å²) < 4.78 is 13.8. The first-order chi connectivity index (χ1) is 11.5. The maximum atomic E-state index is 11.2. The lowest BCUT2D eigenvalue weighted by Crippen LogP contribution is -2.33. The van der Waals surface area contributed by atoms with Crippen molar-refractivity contribution >= 4 is 23.8 Å². The molecule has 0 aromatic carbocycles. The molecular weight excluding hydrogens is 330 g/mol. The monoisotopic (exact) mass is 351 g/mol. The first-order valence-electron chi connectivity index (χ1n) is 6.96. The Morgan fingerprint density at radius 3 is 2.04 bits per heavy atom. The number of carbonyl (C=O) groups is 4. The molecule has 1 heterocycles. The number of amides is 2. The summed E-state index contributed by atoms with van der Waals surface area (Å²) in [7, 11) is 1.22. The van der Waals surface area contributed by atoms with E-state index in [1.165, 1.54) is 7.11 Å². The van der Waals surface area contributed by atoms with Crippen LogP contribution in [0.25, 0.3) is 0 Å². The highest BCUT2D eigenvalue weighted by Gasteiger charge is 2.32. The molecule has 11 heteroatoms. The van der Waals surface area contributed by atoms with E-state index in [-0.39, 0.29) is 45.9 Å². The van der Waals surface area contributed by atoms with Crippen molar-refractivity contribution in [3.8, 4) is 0 Å². The second kappa shape index (κ2) is 13.4. The standard InChI is InChI=1S/C10H15NO7.C3H6O3/c12-3-4-16-5-6-17-7-10(15)18-11-8(13)1-2-9(11)14;1-6-3(5)2-4/h12H,1-7H2;4H,2H2,1H3. The summed E-state index contributed by atoms with van der Waals surface area (Å²) in [5, 5.41) is 16.7. The Labute approximate surface area is 138 Å². The van der Waals surface area contributed by atoms with E-state index in [4.69, 9.17) is 19.7 Å². The molecule has 0 radical (unpaired) electrons. The molecule has 1 saturated heterocycles. The molecule has 0 aromatic heterocycles. The van der Waals surface area contributed by atoms with Crippen molar-refractivity contribution in [1.82, 2.24) is 5.06 Å². The molecule has 1 aliphatic heterocycles. The third-order valence-electron chi connectivity index (χ3n) is 2.38. The molecule has 0 atom stereocenters. The van der Waals surface area contributed by atoms with Gasteiger partial charge in [0.15, 0.2) is 0 Å². The Kier molecular flexibility index (Phi) is 12.2. The molecule has 0 unspecified atom stereocenters. The zero-order valence-corrected chi connectivity index (χ0v) is 13.3. The number of hydrogen-bond acceptors (Lipinski definition) is 10. The van der Waals surface area contributed by atoms with Gasteiger partial charge in [-0.25, -0.2) is 9.59 Å². The van der Waals surface area contributed by atoms with Gasteiger partial charge in [-0.2, -0.15) is 0 Å². The van der Waals surface area contributed by atoms with Gasteiger partial charge in [-0.3, -0.25) is 9.59 Å². The van der Waals surface area contributed by atoms with Crippen LogP contribution in [-0.2, 0) is 38.2 Å². The molecule has 2 amide bonds. The van der Waals surface area contributed by atoms with E-state index in [0.717, 1.165) is 0 Å². The number of methoxy groups -OCH3 is 1. The van der Waals surface area contributed by atoms with E-state index >= 15 is 0 Å². The molecule has 0 aromatic rings. The molecule has 0 saturated carbocycles.